The van der Waals surface area contributed by atoms with E-state index in [0.29, 0.717) is 17.7 Å². The second kappa shape index (κ2) is 13.0. The van der Waals surface area contributed by atoms with E-state index in [1.807, 2.05) is 6.08 Å². The highest BCUT2D eigenvalue weighted by Gasteiger charge is 2.66. The van der Waals surface area contributed by atoms with Crippen LogP contribution in [-0.4, -0.2) is 11.5 Å². The van der Waals surface area contributed by atoms with Crippen LogP contribution in [0.15, 0.2) is 191 Å². The SMILES string of the molecule is C=C1CC=CC(C2=NC(c3cccc(-c4ccccc4)c3)=NC(c3cccc(-c4ccc5c(c4)C4(C6=CC(C)CC7CC6C4C7)c4ccccc4-5)c3)=C=C2)=CC1. The zero-order valence-electron chi connectivity index (χ0n) is 31.9. The van der Waals surface area contributed by atoms with E-state index in [0.717, 1.165) is 58.3 Å². The molecule has 11 rings (SSSR count). The van der Waals surface area contributed by atoms with Crippen molar-refractivity contribution in [3.8, 4) is 33.4 Å². The predicted octanol–water partition coefficient (Wildman–Crippen LogP) is 13.1. The molecule has 2 heteroatoms. The lowest BCUT2D eigenvalue weighted by atomic mass is 9.47. The normalized spacial score (nSPS) is 25.4. The molecule has 5 aromatic rings. The Morgan fingerprint density at radius 3 is 2.29 bits per heavy atom. The molecule has 2 bridgehead atoms. The highest BCUT2D eigenvalue weighted by Crippen LogP contribution is 2.73. The van der Waals surface area contributed by atoms with E-state index in [1.165, 1.54) is 63.8 Å². The summed E-state index contributed by atoms with van der Waals surface area (Å²) >= 11 is 0. The number of amidine groups is 1. The van der Waals surface area contributed by atoms with Crippen molar-refractivity contribution in [3.63, 3.8) is 0 Å². The Bertz CT molecular complexity index is 2710. The van der Waals surface area contributed by atoms with Crippen LogP contribution in [0, 0.1) is 23.7 Å². The van der Waals surface area contributed by atoms with E-state index in [9.17, 15) is 0 Å². The van der Waals surface area contributed by atoms with Gasteiger partial charge in [-0.1, -0.05) is 158 Å². The molecule has 56 heavy (non-hydrogen) atoms. The third kappa shape index (κ3) is 5.24. The summed E-state index contributed by atoms with van der Waals surface area (Å²) in [5, 5.41) is 0. The molecule has 2 fully saturated rings. The maximum Gasteiger partial charge on any atom is 0.161 e. The number of aliphatic imine (C=N–C) groups is 2. The molecule has 270 valence electrons. The number of hydrogen-bond acceptors (Lipinski definition) is 2. The van der Waals surface area contributed by atoms with E-state index in [-0.39, 0.29) is 5.41 Å². The molecule has 5 aromatic carbocycles. The van der Waals surface area contributed by atoms with Gasteiger partial charge in [0.05, 0.1) is 5.71 Å². The zero-order valence-corrected chi connectivity index (χ0v) is 31.9. The Morgan fingerprint density at radius 1 is 0.661 bits per heavy atom. The summed E-state index contributed by atoms with van der Waals surface area (Å²) in [5.41, 5.74) is 21.9. The minimum Gasteiger partial charge on any atom is -0.227 e. The molecule has 1 heterocycles. The lowest BCUT2D eigenvalue weighted by Crippen LogP contribution is -2.51. The molecule has 6 aliphatic rings. The van der Waals surface area contributed by atoms with Crippen molar-refractivity contribution in [2.24, 2.45) is 33.7 Å². The third-order valence-corrected chi connectivity index (χ3v) is 13.4. The van der Waals surface area contributed by atoms with Crippen molar-refractivity contribution in [3.05, 3.63) is 203 Å². The molecule has 2 nitrogen and oxygen atoms in total. The second-order valence-electron chi connectivity index (χ2n) is 16.8. The molecule has 1 spiro atoms. The Labute approximate surface area is 330 Å². The minimum absolute atomic E-state index is 0.00884. The summed E-state index contributed by atoms with van der Waals surface area (Å²) in [5.74, 6) is 3.59. The average molecular weight is 721 g/mol. The van der Waals surface area contributed by atoms with Gasteiger partial charge < -0.3 is 0 Å². The Hall–Kier alpha value is -6.08. The number of nitrogens with zero attached hydrogens (tertiary/aromatic N) is 2. The molecule has 5 atom stereocenters. The number of hydrogen-bond donors (Lipinski definition) is 0. The lowest BCUT2D eigenvalue weighted by molar-refractivity contribution is 0.193. The first-order valence-corrected chi connectivity index (χ1v) is 20.4. The van der Waals surface area contributed by atoms with Crippen molar-refractivity contribution in [2.75, 3.05) is 0 Å². The smallest absolute Gasteiger partial charge is 0.161 e. The molecular formula is C54H44N2. The molecule has 0 N–H and O–H groups in total. The number of fused-ring (bicyclic) bond motifs is 8. The van der Waals surface area contributed by atoms with Gasteiger partial charge in [-0.05, 0) is 124 Å². The van der Waals surface area contributed by atoms with Gasteiger partial charge in [-0.2, -0.15) is 0 Å². The highest BCUT2D eigenvalue weighted by atomic mass is 14.9. The third-order valence-electron chi connectivity index (χ3n) is 13.4. The lowest BCUT2D eigenvalue weighted by Gasteiger charge is -2.55. The van der Waals surface area contributed by atoms with Crippen LogP contribution >= 0.6 is 0 Å². The van der Waals surface area contributed by atoms with Gasteiger partial charge in [0.2, 0.25) is 0 Å². The van der Waals surface area contributed by atoms with Crippen molar-refractivity contribution in [1.29, 1.82) is 0 Å². The maximum absolute atomic E-state index is 5.30. The molecule has 0 radical (unpaired) electrons. The first kappa shape index (κ1) is 33.3. The molecule has 0 saturated heterocycles. The molecule has 5 aliphatic carbocycles. The monoisotopic (exact) mass is 720 g/mol. The van der Waals surface area contributed by atoms with Crippen LogP contribution in [-0.2, 0) is 5.41 Å². The summed E-state index contributed by atoms with van der Waals surface area (Å²) in [7, 11) is 0. The van der Waals surface area contributed by atoms with Crippen LogP contribution in [0.1, 0.15) is 61.3 Å². The van der Waals surface area contributed by atoms with Gasteiger partial charge in [0.15, 0.2) is 5.84 Å². The molecular weight excluding hydrogens is 677 g/mol. The quantitative estimate of drug-likeness (QED) is 0.128. The fraction of sp³-hybridized carbons (Fsp3) is 0.204. The Balaban J connectivity index is 1.02. The van der Waals surface area contributed by atoms with Crippen LogP contribution in [0.5, 0.6) is 0 Å². The van der Waals surface area contributed by atoms with Gasteiger partial charge in [0, 0.05) is 22.6 Å². The minimum atomic E-state index is 0.00884. The first-order valence-electron chi connectivity index (χ1n) is 20.4. The second-order valence-corrected chi connectivity index (χ2v) is 16.8. The zero-order chi connectivity index (χ0) is 37.4. The standard InChI is InChI=1S/C54H44N2/c1-34-11-8-14-38(22-21-34)51-25-26-52(56-53(55-51)43-18-10-15-39(32-43)37-12-4-3-5-13-37)42-17-9-16-40(31-42)41-23-24-45-44-19-6-7-20-47(44)54(50(45)33-41)48-28-35(2)27-36-29-46(48)49(54)30-36/h3-10,12-20,22-25,28,31-33,35-36,46,49H,1,11,21,27,29-30H2,2H3. The molecule has 2 saturated carbocycles. The van der Waals surface area contributed by atoms with E-state index in [1.54, 1.807) is 5.57 Å². The largest absolute Gasteiger partial charge is 0.227 e. The highest BCUT2D eigenvalue weighted by molar-refractivity contribution is 6.20. The number of allylic oxidation sites excluding steroid dienone is 8. The van der Waals surface area contributed by atoms with Gasteiger partial charge in [0.25, 0.3) is 0 Å². The molecule has 1 aliphatic heterocycles. The van der Waals surface area contributed by atoms with Crippen molar-refractivity contribution < 1.29 is 0 Å². The Kier molecular flexibility index (Phi) is 7.73. The molecule has 0 aromatic heterocycles. The molecule has 0 amide bonds. The summed E-state index contributed by atoms with van der Waals surface area (Å²) in [6.07, 6.45) is 17.0. The van der Waals surface area contributed by atoms with E-state index >= 15 is 0 Å². The first-order chi connectivity index (χ1) is 27.5. The fourth-order valence-corrected chi connectivity index (χ4v) is 11.1. The van der Waals surface area contributed by atoms with Crippen molar-refractivity contribution >= 4 is 17.2 Å². The van der Waals surface area contributed by atoms with Crippen LogP contribution in [0.3, 0.4) is 0 Å². The topological polar surface area (TPSA) is 24.7 Å². The van der Waals surface area contributed by atoms with Gasteiger partial charge in [-0.25, -0.2) is 9.98 Å². The Morgan fingerprint density at radius 2 is 1.39 bits per heavy atom. The fourth-order valence-electron chi connectivity index (χ4n) is 11.1. The molecule has 5 unspecified atom stereocenters. The van der Waals surface area contributed by atoms with E-state index in [2.05, 4.69) is 165 Å². The summed E-state index contributed by atoms with van der Waals surface area (Å²) in [6, 6.07) is 44.5. The van der Waals surface area contributed by atoms with Crippen LogP contribution < -0.4 is 0 Å². The summed E-state index contributed by atoms with van der Waals surface area (Å²) in [6.45, 7) is 6.68. The van der Waals surface area contributed by atoms with Gasteiger partial charge in [0.1, 0.15) is 5.70 Å². The van der Waals surface area contributed by atoms with Crippen LogP contribution in [0.4, 0.5) is 0 Å². The van der Waals surface area contributed by atoms with Gasteiger partial charge in [-0.15, -0.1) is 0 Å². The van der Waals surface area contributed by atoms with Crippen LogP contribution in [0.25, 0.3) is 39.1 Å². The van der Waals surface area contributed by atoms with E-state index < -0.39 is 0 Å². The maximum atomic E-state index is 5.30. The van der Waals surface area contributed by atoms with Crippen LogP contribution in [0.2, 0.25) is 0 Å². The van der Waals surface area contributed by atoms with Crippen molar-refractivity contribution in [2.45, 2.75) is 44.4 Å². The van der Waals surface area contributed by atoms with Gasteiger partial charge >= 0.3 is 0 Å². The summed E-state index contributed by atoms with van der Waals surface area (Å²) < 4.78 is 0. The van der Waals surface area contributed by atoms with Crippen molar-refractivity contribution in [1.82, 2.24) is 0 Å². The van der Waals surface area contributed by atoms with Gasteiger partial charge in [-0.3, -0.25) is 0 Å². The predicted molar refractivity (Wildman–Crippen MR) is 233 cm³/mol. The van der Waals surface area contributed by atoms with E-state index in [4.69, 9.17) is 9.98 Å². The number of rotatable bonds is 5. The average Bonchev–Trinajstić information content (AvgIpc) is 3.44. The number of benzene rings is 5. The summed E-state index contributed by atoms with van der Waals surface area (Å²) in [4.78, 5) is 10.6.